The van der Waals surface area contributed by atoms with Crippen molar-refractivity contribution in [2.45, 2.75) is 17.7 Å². The molecule has 2 fully saturated rings. The van der Waals surface area contributed by atoms with Crippen molar-refractivity contribution in [1.82, 2.24) is 20.4 Å². The van der Waals surface area contributed by atoms with Gasteiger partial charge in [0.1, 0.15) is 5.75 Å². The molecule has 3 amide bonds. The molecule has 2 heterocycles. The van der Waals surface area contributed by atoms with Gasteiger partial charge in [0.15, 0.2) is 0 Å². The minimum atomic E-state index is -0.494. The van der Waals surface area contributed by atoms with E-state index in [2.05, 4.69) is 16.7 Å². The molecule has 0 spiro atoms. The highest BCUT2D eigenvalue weighted by Crippen LogP contribution is 2.36. The van der Waals surface area contributed by atoms with Crippen molar-refractivity contribution < 1.29 is 14.3 Å². The number of urea groups is 1. The van der Waals surface area contributed by atoms with E-state index in [-0.39, 0.29) is 29.2 Å². The second-order valence-electron chi connectivity index (χ2n) is 6.16. The lowest BCUT2D eigenvalue weighted by Gasteiger charge is -2.50. The Morgan fingerprint density at radius 2 is 2.00 bits per heavy atom. The summed E-state index contributed by atoms with van der Waals surface area (Å²) in [5.74, 6) is 0.195. The summed E-state index contributed by atoms with van der Waals surface area (Å²) >= 11 is 1.37. The number of nitrogens with one attached hydrogen (secondary N) is 2. The zero-order chi connectivity index (χ0) is 18.8. The summed E-state index contributed by atoms with van der Waals surface area (Å²) in [7, 11) is 4.75. The molecule has 3 rings (SSSR count). The van der Waals surface area contributed by atoms with E-state index in [0.717, 1.165) is 10.5 Å². The number of hydrogen-bond donors (Lipinski definition) is 2. The van der Waals surface area contributed by atoms with E-state index in [1.807, 2.05) is 24.3 Å². The molecule has 0 aliphatic carbocycles. The van der Waals surface area contributed by atoms with Gasteiger partial charge in [0, 0.05) is 19.7 Å². The molecule has 4 unspecified atom stereocenters. The summed E-state index contributed by atoms with van der Waals surface area (Å²) in [6.07, 6.45) is -0.798. The first-order valence-electron chi connectivity index (χ1n) is 8.17. The van der Waals surface area contributed by atoms with Crippen LogP contribution < -0.4 is 15.4 Å². The second-order valence-corrected chi connectivity index (χ2v) is 7.29. The summed E-state index contributed by atoms with van der Waals surface area (Å²) in [6.45, 7) is 0. The normalized spacial score (nSPS) is 28.5. The molecule has 2 aliphatic rings. The molecule has 0 saturated carbocycles. The predicted octanol–water partition coefficient (Wildman–Crippen LogP) is 0.936. The molecule has 9 heteroatoms. The highest BCUT2D eigenvalue weighted by atomic mass is 32.2. The van der Waals surface area contributed by atoms with Crippen molar-refractivity contribution in [3.05, 3.63) is 29.8 Å². The van der Waals surface area contributed by atoms with Gasteiger partial charge in [0.05, 0.1) is 42.6 Å². The number of thioether (sulfide) groups is 1. The summed E-state index contributed by atoms with van der Waals surface area (Å²) < 4.78 is 5.44. The van der Waals surface area contributed by atoms with Gasteiger partial charge in [-0.1, -0.05) is 18.2 Å². The van der Waals surface area contributed by atoms with Crippen LogP contribution in [0, 0.1) is 17.2 Å². The number of ether oxygens (including phenoxy) is 1. The van der Waals surface area contributed by atoms with Crippen LogP contribution in [0.25, 0.3) is 0 Å². The number of rotatable bonds is 4. The largest absolute Gasteiger partial charge is 0.496 e. The minimum Gasteiger partial charge on any atom is -0.496 e. The van der Waals surface area contributed by atoms with Crippen LogP contribution in [-0.2, 0) is 4.79 Å². The monoisotopic (exact) mass is 375 g/mol. The van der Waals surface area contributed by atoms with Crippen molar-refractivity contribution in [3.8, 4) is 11.8 Å². The van der Waals surface area contributed by atoms with Crippen molar-refractivity contribution in [3.63, 3.8) is 0 Å². The van der Waals surface area contributed by atoms with Crippen LogP contribution >= 0.6 is 11.8 Å². The first kappa shape index (κ1) is 18.5. The zero-order valence-electron chi connectivity index (χ0n) is 14.8. The first-order chi connectivity index (χ1) is 12.5. The Morgan fingerprint density at radius 3 is 2.69 bits per heavy atom. The number of carbonyl (C=O) groups excluding carboxylic acids is 2. The fourth-order valence-corrected chi connectivity index (χ4v) is 4.37. The molecule has 0 aromatic heterocycles. The number of amides is 3. The predicted molar refractivity (Wildman–Crippen MR) is 97.1 cm³/mol. The number of imide groups is 1. The topological polar surface area (TPSA) is 97.7 Å². The van der Waals surface area contributed by atoms with Crippen LogP contribution in [0.5, 0.6) is 5.75 Å². The SMILES string of the molecule is COc1ccccc1C1NC(SCC#N)C2C(=O)N(C)C(=O)N(C)C2N1. The van der Waals surface area contributed by atoms with E-state index >= 15 is 0 Å². The molecule has 0 radical (unpaired) electrons. The Bertz CT molecular complexity index is 752. The maximum absolute atomic E-state index is 12.7. The van der Waals surface area contributed by atoms with Gasteiger partial charge >= 0.3 is 6.03 Å². The quantitative estimate of drug-likeness (QED) is 0.808. The van der Waals surface area contributed by atoms with Crippen molar-refractivity contribution in [2.24, 2.45) is 5.92 Å². The lowest BCUT2D eigenvalue weighted by atomic mass is 9.95. The van der Waals surface area contributed by atoms with Crippen LogP contribution in [0.1, 0.15) is 11.7 Å². The Hall–Kier alpha value is -2.28. The second kappa shape index (κ2) is 7.53. The maximum Gasteiger partial charge on any atom is 0.327 e. The number of methoxy groups -OCH3 is 1. The third kappa shape index (κ3) is 3.11. The van der Waals surface area contributed by atoms with Crippen LogP contribution in [0.15, 0.2) is 24.3 Å². The molecule has 138 valence electrons. The Balaban J connectivity index is 1.96. The van der Waals surface area contributed by atoms with Gasteiger partial charge < -0.3 is 9.64 Å². The lowest BCUT2D eigenvalue weighted by molar-refractivity contribution is -0.140. The van der Waals surface area contributed by atoms with E-state index in [4.69, 9.17) is 10.00 Å². The van der Waals surface area contributed by atoms with Gasteiger partial charge in [0.2, 0.25) is 5.91 Å². The third-order valence-electron chi connectivity index (χ3n) is 4.73. The van der Waals surface area contributed by atoms with Crippen LogP contribution in [0.3, 0.4) is 0 Å². The fraction of sp³-hybridized carbons (Fsp3) is 0.471. The van der Waals surface area contributed by atoms with Crippen molar-refractivity contribution in [2.75, 3.05) is 27.0 Å². The fourth-order valence-electron chi connectivity index (χ4n) is 3.41. The molecular formula is C17H21N5O3S. The first-order valence-corrected chi connectivity index (χ1v) is 9.22. The molecule has 1 aromatic carbocycles. The smallest absolute Gasteiger partial charge is 0.327 e. The molecule has 26 heavy (non-hydrogen) atoms. The van der Waals surface area contributed by atoms with Gasteiger partial charge in [-0.05, 0) is 6.07 Å². The molecular weight excluding hydrogens is 354 g/mol. The van der Waals surface area contributed by atoms with Gasteiger partial charge in [0.25, 0.3) is 0 Å². The van der Waals surface area contributed by atoms with Crippen LogP contribution in [-0.4, -0.2) is 60.2 Å². The molecule has 2 saturated heterocycles. The van der Waals surface area contributed by atoms with E-state index in [9.17, 15) is 9.59 Å². The molecule has 2 aliphatic heterocycles. The van der Waals surface area contributed by atoms with E-state index in [1.54, 1.807) is 14.2 Å². The number of hydrogen-bond acceptors (Lipinski definition) is 7. The summed E-state index contributed by atoms with van der Waals surface area (Å²) in [5, 5.41) is 15.4. The van der Waals surface area contributed by atoms with Crippen LogP contribution in [0.4, 0.5) is 4.79 Å². The Morgan fingerprint density at radius 1 is 1.27 bits per heavy atom. The highest BCUT2D eigenvalue weighted by molar-refractivity contribution is 8.00. The number of nitrogens with zero attached hydrogens (tertiary/aromatic N) is 3. The lowest BCUT2D eigenvalue weighted by Crippen LogP contribution is -2.72. The van der Waals surface area contributed by atoms with Gasteiger partial charge in [-0.2, -0.15) is 5.26 Å². The average molecular weight is 375 g/mol. The van der Waals surface area contributed by atoms with Crippen LogP contribution in [0.2, 0.25) is 0 Å². The molecule has 1 aromatic rings. The minimum absolute atomic E-state index is 0.244. The number of fused-ring (bicyclic) bond motifs is 1. The molecule has 0 bridgehead atoms. The summed E-state index contributed by atoms with van der Waals surface area (Å²) in [5.41, 5.74) is 0.878. The van der Waals surface area contributed by atoms with E-state index in [0.29, 0.717) is 5.75 Å². The van der Waals surface area contributed by atoms with Gasteiger partial charge in [-0.25, -0.2) is 4.79 Å². The molecule has 2 N–H and O–H groups in total. The number of nitriles is 1. The summed E-state index contributed by atoms with van der Waals surface area (Å²) in [6, 6.07) is 9.32. The average Bonchev–Trinajstić information content (AvgIpc) is 2.68. The third-order valence-corrected chi connectivity index (χ3v) is 5.82. The molecule has 4 atom stereocenters. The summed E-state index contributed by atoms with van der Waals surface area (Å²) in [4.78, 5) is 27.8. The van der Waals surface area contributed by atoms with Gasteiger partial charge in [-0.3, -0.25) is 20.3 Å². The molecule has 8 nitrogen and oxygen atoms in total. The standard InChI is InChI=1S/C17H21N5O3S/c1-21-14-12(16(23)22(2)17(21)24)15(26-9-8-18)20-13(19-14)10-6-4-5-7-11(10)25-3/h4-7,12-15,19-20H,9H2,1-3H3. The maximum atomic E-state index is 12.7. The van der Waals surface area contributed by atoms with Crippen molar-refractivity contribution >= 4 is 23.7 Å². The zero-order valence-corrected chi connectivity index (χ0v) is 15.6. The number of carbonyl (C=O) groups is 2. The number of benzene rings is 1. The number of para-hydroxylation sites is 1. The van der Waals surface area contributed by atoms with Crippen molar-refractivity contribution in [1.29, 1.82) is 5.26 Å². The van der Waals surface area contributed by atoms with Gasteiger partial charge in [-0.15, -0.1) is 11.8 Å². The van der Waals surface area contributed by atoms with E-state index in [1.165, 1.54) is 23.7 Å². The highest BCUT2D eigenvalue weighted by Gasteiger charge is 2.51. The van der Waals surface area contributed by atoms with E-state index < -0.39 is 12.1 Å². The Kier molecular flexibility index (Phi) is 5.36. The Labute approximate surface area is 156 Å².